The van der Waals surface area contributed by atoms with E-state index in [0.29, 0.717) is 23.1 Å². The molecule has 7 nitrogen and oxygen atoms in total. The summed E-state index contributed by atoms with van der Waals surface area (Å²) in [4.78, 5) is 35.4. The molecule has 0 bridgehead atoms. The first kappa shape index (κ1) is 11.4. The molecule has 1 aliphatic heterocycles. The molecule has 96 valence electrons. The van der Waals surface area contributed by atoms with Gasteiger partial charge in [0.15, 0.2) is 0 Å². The smallest absolute Gasteiger partial charge is 0.298 e. The predicted molar refractivity (Wildman–Crippen MR) is 67.0 cm³/mol. The maximum absolute atomic E-state index is 11.8. The Bertz CT molecular complexity index is 691. The summed E-state index contributed by atoms with van der Waals surface area (Å²) in [6.07, 6.45) is 2.52. The minimum atomic E-state index is -0.491. The lowest BCUT2D eigenvalue weighted by Gasteiger charge is -2.27. The van der Waals surface area contributed by atoms with Crippen molar-refractivity contribution in [1.29, 1.82) is 0 Å². The number of hydrogen-bond donors (Lipinski definition) is 2. The molecule has 7 heteroatoms. The number of fused-ring (bicyclic) bond motifs is 1. The Labute approximate surface area is 107 Å². The Morgan fingerprint density at radius 1 is 1.32 bits per heavy atom. The van der Waals surface area contributed by atoms with E-state index in [1.165, 1.54) is 4.90 Å². The maximum Gasteiger partial charge on any atom is 0.328 e. The molecule has 1 saturated heterocycles. The molecule has 2 heterocycles. The quantitative estimate of drug-likeness (QED) is 0.779. The average Bonchev–Trinajstić information content (AvgIpc) is 2.86. The summed E-state index contributed by atoms with van der Waals surface area (Å²) in [5, 5.41) is 9.69. The third-order valence-corrected chi connectivity index (χ3v) is 3.03. The summed E-state index contributed by atoms with van der Waals surface area (Å²) in [5.74, 6) is -0.298. The van der Waals surface area contributed by atoms with Gasteiger partial charge in [-0.05, 0) is 12.1 Å². The summed E-state index contributed by atoms with van der Waals surface area (Å²) in [6.45, 7) is 0.279. The van der Waals surface area contributed by atoms with Gasteiger partial charge in [0.25, 0.3) is 0 Å². The molecule has 1 aliphatic rings. The van der Waals surface area contributed by atoms with Crippen LogP contribution >= 0.6 is 0 Å². The van der Waals surface area contributed by atoms with E-state index in [1.54, 1.807) is 18.3 Å². The van der Waals surface area contributed by atoms with E-state index >= 15 is 0 Å². The van der Waals surface area contributed by atoms with Crippen LogP contribution in [0.3, 0.4) is 0 Å². The standard InChI is InChI=1S/C12H10N4O3/c17-6-7-3-8-5-13-15-11(8)9(4-7)16-2-1-10(18)14-12(16)19/h3-6H,1-2H2,(H,13,15)(H,14,18,19). The van der Waals surface area contributed by atoms with E-state index < -0.39 is 6.03 Å². The first-order valence-electron chi connectivity index (χ1n) is 5.72. The van der Waals surface area contributed by atoms with Crippen LogP contribution in [-0.4, -0.2) is 35.0 Å². The molecule has 1 aromatic carbocycles. The van der Waals surface area contributed by atoms with E-state index in [1.807, 2.05) is 0 Å². The number of urea groups is 1. The second kappa shape index (κ2) is 4.20. The molecule has 2 N–H and O–H groups in total. The van der Waals surface area contributed by atoms with Gasteiger partial charge < -0.3 is 0 Å². The topological polar surface area (TPSA) is 95.2 Å². The van der Waals surface area contributed by atoms with Crippen molar-refractivity contribution in [1.82, 2.24) is 15.5 Å². The summed E-state index contributed by atoms with van der Waals surface area (Å²) in [7, 11) is 0. The fourth-order valence-corrected chi connectivity index (χ4v) is 2.14. The minimum absolute atomic E-state index is 0.229. The number of imide groups is 1. The number of hydrogen-bond acceptors (Lipinski definition) is 4. The highest BCUT2D eigenvalue weighted by molar-refractivity contribution is 6.10. The minimum Gasteiger partial charge on any atom is -0.298 e. The van der Waals surface area contributed by atoms with Crippen LogP contribution in [0.5, 0.6) is 0 Å². The highest BCUT2D eigenvalue weighted by atomic mass is 16.2. The van der Waals surface area contributed by atoms with Gasteiger partial charge in [-0.2, -0.15) is 5.10 Å². The van der Waals surface area contributed by atoms with E-state index in [4.69, 9.17) is 0 Å². The van der Waals surface area contributed by atoms with Crippen molar-refractivity contribution in [2.75, 3.05) is 11.4 Å². The fraction of sp³-hybridized carbons (Fsp3) is 0.167. The molecule has 0 spiro atoms. The molecular formula is C12H10N4O3. The summed E-state index contributed by atoms with van der Waals surface area (Å²) >= 11 is 0. The molecule has 1 fully saturated rings. The Morgan fingerprint density at radius 3 is 2.89 bits per heavy atom. The molecule has 2 aromatic rings. The first-order chi connectivity index (χ1) is 9.19. The lowest BCUT2D eigenvalue weighted by molar-refractivity contribution is -0.120. The fourth-order valence-electron chi connectivity index (χ4n) is 2.14. The van der Waals surface area contributed by atoms with Gasteiger partial charge in [0.1, 0.15) is 6.29 Å². The van der Waals surface area contributed by atoms with Crippen molar-refractivity contribution in [3.8, 4) is 0 Å². The number of anilines is 1. The van der Waals surface area contributed by atoms with Crippen molar-refractivity contribution >= 4 is 34.8 Å². The lowest BCUT2D eigenvalue weighted by atomic mass is 10.1. The third-order valence-electron chi connectivity index (χ3n) is 3.03. The molecule has 3 rings (SSSR count). The van der Waals surface area contributed by atoms with Gasteiger partial charge in [0, 0.05) is 23.9 Å². The van der Waals surface area contributed by atoms with Crippen LogP contribution in [-0.2, 0) is 4.79 Å². The monoisotopic (exact) mass is 258 g/mol. The van der Waals surface area contributed by atoms with Gasteiger partial charge in [-0.3, -0.25) is 24.9 Å². The van der Waals surface area contributed by atoms with Crippen molar-refractivity contribution < 1.29 is 14.4 Å². The van der Waals surface area contributed by atoms with Gasteiger partial charge >= 0.3 is 6.03 Å². The van der Waals surface area contributed by atoms with Crippen molar-refractivity contribution in [3.63, 3.8) is 0 Å². The highest BCUT2D eigenvalue weighted by Gasteiger charge is 2.26. The third kappa shape index (κ3) is 1.85. The Hall–Kier alpha value is -2.70. The van der Waals surface area contributed by atoms with Gasteiger partial charge in [-0.25, -0.2) is 4.79 Å². The lowest BCUT2D eigenvalue weighted by Crippen LogP contribution is -2.49. The van der Waals surface area contributed by atoms with Gasteiger partial charge in [-0.15, -0.1) is 0 Å². The Balaban J connectivity index is 2.13. The highest BCUT2D eigenvalue weighted by Crippen LogP contribution is 2.27. The van der Waals surface area contributed by atoms with Gasteiger partial charge in [0.2, 0.25) is 5.91 Å². The molecule has 0 saturated carbocycles. The molecule has 0 radical (unpaired) electrons. The average molecular weight is 258 g/mol. The zero-order valence-corrected chi connectivity index (χ0v) is 9.84. The number of H-pyrrole nitrogens is 1. The molecule has 0 atom stereocenters. The normalized spacial score (nSPS) is 15.7. The molecular weight excluding hydrogens is 248 g/mol. The number of rotatable bonds is 2. The Morgan fingerprint density at radius 2 is 2.16 bits per heavy atom. The molecule has 0 unspecified atom stereocenters. The summed E-state index contributed by atoms with van der Waals surface area (Å²) < 4.78 is 0. The number of nitrogens with zero attached hydrogens (tertiary/aromatic N) is 2. The van der Waals surface area contributed by atoms with E-state index in [9.17, 15) is 14.4 Å². The SMILES string of the molecule is O=Cc1cc(N2CCC(=O)NC2=O)c2[nH]ncc2c1. The number of nitrogens with one attached hydrogen (secondary N) is 2. The van der Waals surface area contributed by atoms with E-state index in [-0.39, 0.29) is 18.9 Å². The zero-order chi connectivity index (χ0) is 13.4. The van der Waals surface area contributed by atoms with Crippen molar-refractivity contribution in [2.45, 2.75) is 6.42 Å². The van der Waals surface area contributed by atoms with Crippen LogP contribution in [0, 0.1) is 0 Å². The molecule has 19 heavy (non-hydrogen) atoms. The summed E-state index contributed by atoms with van der Waals surface area (Å²) in [6, 6.07) is 2.79. The first-order valence-corrected chi connectivity index (χ1v) is 5.72. The van der Waals surface area contributed by atoms with E-state index in [2.05, 4.69) is 15.5 Å². The number of benzene rings is 1. The van der Waals surface area contributed by atoms with Crippen molar-refractivity contribution in [3.05, 3.63) is 23.9 Å². The predicted octanol–water partition coefficient (Wildman–Crippen LogP) is 0.822. The Kier molecular flexibility index (Phi) is 2.52. The number of carbonyl (C=O) groups excluding carboxylic acids is 3. The molecule has 0 aliphatic carbocycles. The number of amides is 3. The van der Waals surface area contributed by atoms with E-state index in [0.717, 1.165) is 5.39 Å². The van der Waals surface area contributed by atoms with Crippen LogP contribution < -0.4 is 10.2 Å². The second-order valence-electron chi connectivity index (χ2n) is 4.25. The number of aromatic amines is 1. The van der Waals surface area contributed by atoms with Gasteiger partial charge in [0.05, 0.1) is 17.4 Å². The number of aromatic nitrogens is 2. The largest absolute Gasteiger partial charge is 0.328 e. The maximum atomic E-state index is 11.8. The number of carbonyl (C=O) groups is 3. The van der Waals surface area contributed by atoms with Crippen LogP contribution in [0.2, 0.25) is 0 Å². The molecule has 3 amide bonds. The van der Waals surface area contributed by atoms with Crippen LogP contribution in [0.1, 0.15) is 16.8 Å². The van der Waals surface area contributed by atoms with Crippen LogP contribution in [0.25, 0.3) is 10.9 Å². The van der Waals surface area contributed by atoms with Crippen LogP contribution in [0.4, 0.5) is 10.5 Å². The van der Waals surface area contributed by atoms with Gasteiger partial charge in [-0.1, -0.05) is 0 Å². The zero-order valence-electron chi connectivity index (χ0n) is 9.84. The van der Waals surface area contributed by atoms with Crippen molar-refractivity contribution in [2.24, 2.45) is 0 Å². The molecule has 1 aromatic heterocycles. The number of aldehydes is 1. The van der Waals surface area contributed by atoms with Crippen LogP contribution in [0.15, 0.2) is 18.3 Å². The summed E-state index contributed by atoms with van der Waals surface area (Å²) in [5.41, 5.74) is 1.66. The second-order valence-corrected chi connectivity index (χ2v) is 4.25.